The maximum absolute atomic E-state index is 12.8. The van der Waals surface area contributed by atoms with Gasteiger partial charge in [-0.2, -0.15) is 0 Å². The van der Waals surface area contributed by atoms with Crippen LogP contribution < -0.4 is 10.6 Å². The molecule has 0 radical (unpaired) electrons. The first-order chi connectivity index (χ1) is 13.4. The molecule has 3 aromatic rings. The lowest BCUT2D eigenvalue weighted by atomic mass is 10.2. The van der Waals surface area contributed by atoms with Crippen molar-refractivity contribution in [3.8, 4) is 0 Å². The van der Waals surface area contributed by atoms with Gasteiger partial charge in [0.2, 0.25) is 5.91 Å². The number of carbonyl (C=O) groups excluding carboxylic acids is 2. The van der Waals surface area contributed by atoms with E-state index in [4.69, 9.17) is 0 Å². The number of nitrogens with zero attached hydrogens (tertiary/aromatic N) is 1. The summed E-state index contributed by atoms with van der Waals surface area (Å²) in [6.45, 7) is 5.54. The second kappa shape index (κ2) is 8.71. The van der Waals surface area contributed by atoms with Gasteiger partial charge < -0.3 is 10.6 Å². The Hall–Kier alpha value is -3.12. The van der Waals surface area contributed by atoms with Crippen LogP contribution in [0.25, 0.3) is 0 Å². The summed E-state index contributed by atoms with van der Waals surface area (Å²) < 4.78 is 0. The number of anilines is 2. The number of hydrogen-bond donors (Lipinski definition) is 2. The topological polar surface area (TPSA) is 71.1 Å². The van der Waals surface area contributed by atoms with Crippen molar-refractivity contribution in [3.05, 3.63) is 77.5 Å². The summed E-state index contributed by atoms with van der Waals surface area (Å²) in [6.07, 6.45) is 1.68. The summed E-state index contributed by atoms with van der Waals surface area (Å²) in [5, 5.41) is 6.23. The highest BCUT2D eigenvalue weighted by Gasteiger charge is 2.15. The number of aromatic nitrogens is 1. The number of pyridine rings is 1. The summed E-state index contributed by atoms with van der Waals surface area (Å²) in [4.78, 5) is 29.5. The minimum absolute atomic E-state index is 0.164. The molecular weight excluding hydrogens is 370 g/mol. The Morgan fingerprint density at radius 2 is 1.68 bits per heavy atom. The van der Waals surface area contributed by atoms with Gasteiger partial charge in [-0.25, -0.2) is 4.98 Å². The summed E-state index contributed by atoms with van der Waals surface area (Å²) >= 11 is 1.47. The van der Waals surface area contributed by atoms with Crippen LogP contribution in [-0.2, 0) is 4.79 Å². The van der Waals surface area contributed by atoms with Crippen molar-refractivity contribution < 1.29 is 9.59 Å². The smallest absolute Gasteiger partial charge is 0.258 e. The molecule has 2 aromatic carbocycles. The van der Waals surface area contributed by atoms with E-state index >= 15 is 0 Å². The second-order valence-electron chi connectivity index (χ2n) is 6.44. The van der Waals surface area contributed by atoms with Gasteiger partial charge in [0.15, 0.2) is 0 Å². The van der Waals surface area contributed by atoms with Crippen molar-refractivity contribution in [2.75, 3.05) is 10.6 Å². The lowest BCUT2D eigenvalue weighted by Crippen LogP contribution is -2.14. The first-order valence-electron chi connectivity index (χ1n) is 8.81. The van der Waals surface area contributed by atoms with Crippen molar-refractivity contribution in [1.82, 2.24) is 4.98 Å². The fourth-order valence-corrected chi connectivity index (χ4v) is 3.69. The molecular formula is C22H21N3O2S. The number of rotatable bonds is 5. The third kappa shape index (κ3) is 4.98. The van der Waals surface area contributed by atoms with Gasteiger partial charge in [0.25, 0.3) is 5.91 Å². The van der Waals surface area contributed by atoms with Crippen LogP contribution in [0.3, 0.4) is 0 Å². The van der Waals surface area contributed by atoms with Gasteiger partial charge in [0.1, 0.15) is 5.03 Å². The van der Waals surface area contributed by atoms with Crippen molar-refractivity contribution in [2.45, 2.75) is 30.7 Å². The molecule has 0 aliphatic heterocycles. The molecule has 0 spiro atoms. The zero-order chi connectivity index (χ0) is 20.1. The molecule has 0 atom stereocenters. The van der Waals surface area contributed by atoms with Crippen LogP contribution in [0, 0.1) is 13.8 Å². The number of carbonyl (C=O) groups is 2. The minimum Gasteiger partial charge on any atom is -0.326 e. The number of hydrogen-bond acceptors (Lipinski definition) is 4. The molecule has 5 nitrogen and oxygen atoms in total. The van der Waals surface area contributed by atoms with E-state index in [1.165, 1.54) is 24.2 Å². The molecule has 0 aliphatic rings. The van der Waals surface area contributed by atoms with Gasteiger partial charge in [-0.15, -0.1) is 0 Å². The van der Waals surface area contributed by atoms with Gasteiger partial charge in [0.05, 0.1) is 5.56 Å². The third-order valence-electron chi connectivity index (χ3n) is 3.99. The van der Waals surface area contributed by atoms with Crippen LogP contribution in [0.4, 0.5) is 11.4 Å². The fourth-order valence-electron chi connectivity index (χ4n) is 2.74. The highest BCUT2D eigenvalue weighted by Crippen LogP contribution is 2.32. The zero-order valence-electron chi connectivity index (χ0n) is 15.9. The van der Waals surface area contributed by atoms with E-state index in [1.807, 2.05) is 19.1 Å². The van der Waals surface area contributed by atoms with Crippen LogP contribution in [0.5, 0.6) is 0 Å². The van der Waals surface area contributed by atoms with Crippen molar-refractivity contribution >= 4 is 35.0 Å². The molecule has 0 unspecified atom stereocenters. The maximum atomic E-state index is 12.8. The standard InChI is InChI=1S/C22H21N3O2S/c1-14-9-10-20(15(2)12-14)28-22-19(8-5-11-23-22)21(27)25-18-7-4-6-17(13-18)24-16(3)26/h4-13H,1-3H3,(H,24,26)(H,25,27). The van der Waals surface area contributed by atoms with Crippen molar-refractivity contribution in [1.29, 1.82) is 0 Å². The zero-order valence-corrected chi connectivity index (χ0v) is 16.8. The molecule has 1 heterocycles. The lowest BCUT2D eigenvalue weighted by molar-refractivity contribution is -0.114. The Balaban J connectivity index is 1.82. The number of amides is 2. The Morgan fingerprint density at radius 3 is 2.39 bits per heavy atom. The minimum atomic E-state index is -0.250. The van der Waals surface area contributed by atoms with E-state index < -0.39 is 0 Å². The quantitative estimate of drug-likeness (QED) is 0.638. The third-order valence-corrected chi connectivity index (χ3v) is 5.19. The second-order valence-corrected chi connectivity index (χ2v) is 7.47. The average molecular weight is 391 g/mol. The largest absolute Gasteiger partial charge is 0.326 e. The van der Waals surface area contributed by atoms with Crippen molar-refractivity contribution in [2.24, 2.45) is 0 Å². The van der Waals surface area contributed by atoms with E-state index in [1.54, 1.807) is 42.6 Å². The van der Waals surface area contributed by atoms with E-state index in [9.17, 15) is 9.59 Å². The van der Waals surface area contributed by atoms with Crippen LogP contribution in [0.2, 0.25) is 0 Å². The van der Waals surface area contributed by atoms with Gasteiger partial charge in [-0.1, -0.05) is 35.5 Å². The van der Waals surface area contributed by atoms with Gasteiger partial charge in [0, 0.05) is 29.4 Å². The highest BCUT2D eigenvalue weighted by atomic mass is 32.2. The molecule has 2 N–H and O–H groups in total. The molecule has 142 valence electrons. The SMILES string of the molecule is CC(=O)Nc1cccc(NC(=O)c2cccnc2Sc2ccc(C)cc2C)c1. The Kier molecular flexibility index (Phi) is 6.11. The number of aryl methyl sites for hydroxylation is 2. The Morgan fingerprint density at radius 1 is 0.929 bits per heavy atom. The fraction of sp³-hybridized carbons (Fsp3) is 0.136. The molecule has 0 bridgehead atoms. The van der Waals surface area contributed by atoms with Gasteiger partial charge >= 0.3 is 0 Å². The molecule has 0 fully saturated rings. The molecule has 3 rings (SSSR count). The summed E-state index contributed by atoms with van der Waals surface area (Å²) in [5.74, 6) is -0.414. The first kappa shape index (κ1) is 19.6. The first-order valence-corrected chi connectivity index (χ1v) is 9.63. The summed E-state index contributed by atoms with van der Waals surface area (Å²) in [5.41, 5.74) is 4.06. The molecule has 0 saturated carbocycles. The Labute approximate surface area is 168 Å². The monoisotopic (exact) mass is 391 g/mol. The van der Waals surface area contributed by atoms with Crippen LogP contribution in [-0.4, -0.2) is 16.8 Å². The van der Waals surface area contributed by atoms with E-state index in [0.29, 0.717) is 22.0 Å². The summed E-state index contributed by atoms with van der Waals surface area (Å²) in [6, 6.07) is 16.7. The van der Waals surface area contributed by atoms with Crippen LogP contribution in [0.15, 0.2) is 70.7 Å². The molecule has 0 aliphatic carbocycles. The normalized spacial score (nSPS) is 10.4. The molecule has 2 amide bonds. The van der Waals surface area contributed by atoms with E-state index in [2.05, 4.69) is 28.6 Å². The predicted octanol–water partition coefficient (Wildman–Crippen LogP) is 5.06. The molecule has 1 aromatic heterocycles. The van der Waals surface area contributed by atoms with Crippen LogP contribution in [0.1, 0.15) is 28.4 Å². The van der Waals surface area contributed by atoms with Crippen molar-refractivity contribution in [3.63, 3.8) is 0 Å². The maximum Gasteiger partial charge on any atom is 0.258 e. The lowest BCUT2D eigenvalue weighted by Gasteiger charge is -2.11. The number of benzene rings is 2. The molecule has 0 saturated heterocycles. The summed E-state index contributed by atoms with van der Waals surface area (Å²) in [7, 11) is 0. The average Bonchev–Trinajstić information content (AvgIpc) is 2.64. The van der Waals surface area contributed by atoms with E-state index in [0.717, 1.165) is 10.5 Å². The predicted molar refractivity (Wildman–Crippen MR) is 113 cm³/mol. The van der Waals surface area contributed by atoms with E-state index in [-0.39, 0.29) is 11.8 Å². The molecule has 28 heavy (non-hydrogen) atoms. The number of nitrogens with one attached hydrogen (secondary N) is 2. The van der Waals surface area contributed by atoms with Gasteiger partial charge in [-0.3, -0.25) is 9.59 Å². The van der Waals surface area contributed by atoms with Crippen LogP contribution >= 0.6 is 11.8 Å². The highest BCUT2D eigenvalue weighted by molar-refractivity contribution is 7.99. The van der Waals surface area contributed by atoms with Gasteiger partial charge in [-0.05, 0) is 55.8 Å². The molecule has 6 heteroatoms. The Bertz CT molecular complexity index is 1030.